The van der Waals surface area contributed by atoms with Gasteiger partial charge in [-0.25, -0.2) is 4.40 Å². The third kappa shape index (κ3) is 2.88. The predicted octanol–water partition coefficient (Wildman–Crippen LogP) is 3.56. The number of rotatable bonds is 3. The summed E-state index contributed by atoms with van der Waals surface area (Å²) in [6.45, 7) is 6.16. The average molecular weight is 193 g/mol. The lowest BCUT2D eigenvalue weighted by Crippen LogP contribution is -2.00. The molecule has 0 unspecified atom stereocenters. The maximum atomic E-state index is 4.26. The molecule has 0 aromatic carbocycles. The first kappa shape index (κ1) is 10.3. The molecule has 0 fully saturated rings. The molecule has 1 nitrogen and oxygen atoms in total. The van der Waals surface area contributed by atoms with Crippen LogP contribution in [0, 0.1) is 0 Å². The molecule has 0 aromatic rings. The van der Waals surface area contributed by atoms with Crippen molar-refractivity contribution in [3.05, 3.63) is 36.0 Å². The Labute approximate surface area is 84.5 Å². The topological polar surface area (TPSA) is 12.4 Å². The van der Waals surface area contributed by atoms with Crippen LogP contribution in [0.4, 0.5) is 0 Å². The van der Waals surface area contributed by atoms with E-state index < -0.39 is 0 Å². The fraction of sp³-hybridized carbons (Fsp3) is 0.364. The molecule has 0 radical (unpaired) electrons. The third-order valence-corrected chi connectivity index (χ3v) is 2.25. The quantitative estimate of drug-likeness (QED) is 0.624. The molecule has 2 heteroatoms. The van der Waals surface area contributed by atoms with E-state index in [1.54, 1.807) is 0 Å². The van der Waals surface area contributed by atoms with Gasteiger partial charge in [0.05, 0.1) is 5.71 Å². The molecule has 0 bridgehead atoms. The Balaban J connectivity index is 2.73. The zero-order chi connectivity index (χ0) is 9.68. The Morgan fingerprint density at radius 3 is 2.77 bits per heavy atom. The normalized spacial score (nSPS) is 19.4. The largest absolute Gasteiger partial charge is 0.216 e. The van der Waals surface area contributed by atoms with E-state index in [9.17, 15) is 0 Å². The number of allylic oxidation sites excluding steroid dienone is 5. The Morgan fingerprint density at radius 1 is 1.46 bits per heavy atom. The molecule has 0 aromatic heterocycles. The maximum absolute atomic E-state index is 4.26. The van der Waals surface area contributed by atoms with Crippen molar-refractivity contribution in [3.8, 4) is 0 Å². The lowest BCUT2D eigenvalue weighted by Gasteiger charge is -2.09. The minimum absolute atomic E-state index is 0.993. The summed E-state index contributed by atoms with van der Waals surface area (Å²) in [5.74, 6) is 0. The molecule has 0 saturated carbocycles. The highest BCUT2D eigenvalue weighted by Gasteiger charge is 2.05. The second kappa shape index (κ2) is 5.07. The first-order valence-corrected chi connectivity index (χ1v) is 5.65. The minimum Gasteiger partial charge on any atom is -0.216 e. The lowest BCUT2D eigenvalue weighted by molar-refractivity contribution is 0.925. The van der Waals surface area contributed by atoms with Gasteiger partial charge in [0.25, 0.3) is 0 Å². The van der Waals surface area contributed by atoms with Crippen LogP contribution in [0.2, 0.25) is 0 Å². The van der Waals surface area contributed by atoms with E-state index in [1.165, 1.54) is 23.9 Å². The Hall–Kier alpha value is -0.760. The zero-order valence-corrected chi connectivity index (χ0v) is 9.03. The molecule has 70 valence electrons. The molecule has 0 amide bonds. The van der Waals surface area contributed by atoms with Gasteiger partial charge < -0.3 is 0 Å². The van der Waals surface area contributed by atoms with Crippen LogP contribution in [0.15, 0.2) is 40.4 Å². The fourth-order valence-electron chi connectivity index (χ4n) is 1.27. The van der Waals surface area contributed by atoms with E-state index in [1.807, 2.05) is 12.3 Å². The van der Waals surface area contributed by atoms with E-state index in [0.29, 0.717) is 0 Å². The molecular formula is C11H15NS. The summed E-state index contributed by atoms with van der Waals surface area (Å²) >= 11 is 1.47. The highest BCUT2D eigenvalue weighted by atomic mass is 32.2. The van der Waals surface area contributed by atoms with Crippen LogP contribution in [-0.2, 0) is 0 Å². The standard InChI is InChI=1S/C11H15NS/c1-4-5-10-6-7-11(12-13-3)9(2)8-10/h6-8H,2,4-5H2,1,3H3/b12-11-. The Morgan fingerprint density at radius 2 is 2.23 bits per heavy atom. The summed E-state index contributed by atoms with van der Waals surface area (Å²) in [4.78, 5) is 0. The summed E-state index contributed by atoms with van der Waals surface area (Å²) in [5, 5.41) is 0. The third-order valence-electron chi connectivity index (χ3n) is 1.87. The van der Waals surface area contributed by atoms with Crippen LogP contribution in [0.1, 0.15) is 19.8 Å². The maximum Gasteiger partial charge on any atom is 0.0779 e. The van der Waals surface area contributed by atoms with Crippen molar-refractivity contribution in [2.45, 2.75) is 19.8 Å². The zero-order valence-electron chi connectivity index (χ0n) is 8.21. The van der Waals surface area contributed by atoms with Gasteiger partial charge in [0.15, 0.2) is 0 Å². The molecule has 0 spiro atoms. The van der Waals surface area contributed by atoms with E-state index in [2.05, 4.69) is 30.1 Å². The van der Waals surface area contributed by atoms with Crippen molar-refractivity contribution in [1.29, 1.82) is 0 Å². The summed E-state index contributed by atoms with van der Waals surface area (Å²) in [7, 11) is 0. The van der Waals surface area contributed by atoms with Crippen molar-refractivity contribution < 1.29 is 0 Å². The smallest absolute Gasteiger partial charge is 0.0779 e. The SMILES string of the molecule is C=C1C=C(CCC)C=C/C1=N/SC. The average Bonchev–Trinajstić information content (AvgIpc) is 2.10. The van der Waals surface area contributed by atoms with Crippen LogP contribution in [0.25, 0.3) is 0 Å². The second-order valence-electron chi connectivity index (χ2n) is 2.99. The van der Waals surface area contributed by atoms with E-state index in [4.69, 9.17) is 0 Å². The van der Waals surface area contributed by atoms with E-state index in [-0.39, 0.29) is 0 Å². The predicted molar refractivity (Wildman–Crippen MR) is 62.2 cm³/mol. The van der Waals surface area contributed by atoms with Gasteiger partial charge in [-0.1, -0.05) is 32.1 Å². The fourth-order valence-corrected chi connectivity index (χ4v) is 1.65. The van der Waals surface area contributed by atoms with E-state index >= 15 is 0 Å². The molecule has 0 atom stereocenters. The number of hydrogen-bond donors (Lipinski definition) is 0. The van der Waals surface area contributed by atoms with Gasteiger partial charge in [0, 0.05) is 6.26 Å². The molecule has 0 N–H and O–H groups in total. The van der Waals surface area contributed by atoms with Crippen LogP contribution in [0.3, 0.4) is 0 Å². The summed E-state index contributed by atoms with van der Waals surface area (Å²) < 4.78 is 4.26. The number of nitrogens with zero attached hydrogens (tertiary/aromatic N) is 1. The van der Waals surface area contributed by atoms with Gasteiger partial charge in [0.1, 0.15) is 0 Å². The highest BCUT2D eigenvalue weighted by Crippen LogP contribution is 2.17. The first-order valence-electron chi connectivity index (χ1n) is 4.47. The first-order chi connectivity index (χ1) is 6.27. The van der Waals surface area contributed by atoms with Crippen molar-refractivity contribution in [2.75, 3.05) is 6.26 Å². The molecule has 1 rings (SSSR count). The van der Waals surface area contributed by atoms with Gasteiger partial charge >= 0.3 is 0 Å². The van der Waals surface area contributed by atoms with Gasteiger partial charge in [0.2, 0.25) is 0 Å². The van der Waals surface area contributed by atoms with E-state index in [0.717, 1.165) is 17.7 Å². The molecule has 1 aliphatic carbocycles. The van der Waals surface area contributed by atoms with Gasteiger partial charge in [-0.2, -0.15) is 0 Å². The van der Waals surface area contributed by atoms with Gasteiger partial charge in [-0.3, -0.25) is 0 Å². The Bertz CT molecular complexity index is 284. The highest BCUT2D eigenvalue weighted by molar-refractivity contribution is 7.97. The van der Waals surface area contributed by atoms with Crippen LogP contribution >= 0.6 is 11.9 Å². The molecule has 0 aliphatic heterocycles. The molecule has 0 heterocycles. The van der Waals surface area contributed by atoms with Crippen LogP contribution < -0.4 is 0 Å². The summed E-state index contributed by atoms with van der Waals surface area (Å²) in [6, 6.07) is 0. The monoisotopic (exact) mass is 193 g/mol. The van der Waals surface area contributed by atoms with Crippen molar-refractivity contribution in [2.24, 2.45) is 4.40 Å². The van der Waals surface area contributed by atoms with Crippen LogP contribution in [-0.4, -0.2) is 12.0 Å². The lowest BCUT2D eigenvalue weighted by atomic mass is 9.99. The minimum atomic E-state index is 0.993. The molecular weight excluding hydrogens is 178 g/mol. The van der Waals surface area contributed by atoms with Gasteiger partial charge in [-0.05, 0) is 35.6 Å². The second-order valence-corrected chi connectivity index (χ2v) is 3.53. The Kier molecular flexibility index (Phi) is 4.03. The van der Waals surface area contributed by atoms with Crippen LogP contribution in [0.5, 0.6) is 0 Å². The summed E-state index contributed by atoms with van der Waals surface area (Å²) in [5.41, 5.74) is 3.38. The van der Waals surface area contributed by atoms with Gasteiger partial charge in [-0.15, -0.1) is 0 Å². The summed E-state index contributed by atoms with van der Waals surface area (Å²) in [6.07, 6.45) is 10.6. The van der Waals surface area contributed by atoms with Crippen molar-refractivity contribution >= 4 is 17.7 Å². The molecule has 0 saturated heterocycles. The molecule has 1 aliphatic rings. The molecule has 13 heavy (non-hydrogen) atoms. The van der Waals surface area contributed by atoms with Crippen molar-refractivity contribution in [1.82, 2.24) is 0 Å². The van der Waals surface area contributed by atoms with Crippen molar-refractivity contribution in [3.63, 3.8) is 0 Å². The number of hydrogen-bond acceptors (Lipinski definition) is 2.